The van der Waals surface area contributed by atoms with Gasteiger partial charge < -0.3 is 15.8 Å². The number of nitrogens with zero attached hydrogens (tertiary/aromatic N) is 1. The summed E-state index contributed by atoms with van der Waals surface area (Å²) in [5.41, 5.74) is 9.22. The van der Waals surface area contributed by atoms with Crippen molar-refractivity contribution < 1.29 is 14.3 Å². The molecule has 0 aliphatic heterocycles. The van der Waals surface area contributed by atoms with E-state index in [1.165, 1.54) is 16.9 Å². The van der Waals surface area contributed by atoms with Gasteiger partial charge in [-0.2, -0.15) is 0 Å². The van der Waals surface area contributed by atoms with Crippen LogP contribution in [0.2, 0.25) is 0 Å². The largest absolute Gasteiger partial charge is 0.449 e. The summed E-state index contributed by atoms with van der Waals surface area (Å²) in [5, 5.41) is 3.47. The number of hydrogen-bond acceptors (Lipinski definition) is 6. The number of nitrogen functional groups attached to an aromatic ring is 1. The molecule has 1 heterocycles. The van der Waals surface area contributed by atoms with Gasteiger partial charge in [-0.25, -0.2) is 9.78 Å². The van der Waals surface area contributed by atoms with Crippen molar-refractivity contribution in [1.82, 2.24) is 10.3 Å². The Labute approximate surface area is 166 Å². The lowest BCUT2D eigenvalue weighted by Crippen LogP contribution is -2.39. The molecule has 2 aromatic carbocycles. The molecular formula is C21H21N3O3S. The molecular weight excluding hydrogens is 374 g/mol. The fourth-order valence-corrected chi connectivity index (χ4v) is 4.32. The van der Waals surface area contributed by atoms with E-state index in [4.69, 9.17) is 10.5 Å². The average molecular weight is 395 g/mol. The summed E-state index contributed by atoms with van der Waals surface area (Å²) in [6, 6.07) is 13.1. The normalized spacial score (nSPS) is 17.0. The number of aryl methyl sites for hydroxylation is 1. The molecule has 1 aliphatic carbocycles. The fraction of sp³-hybridized carbons (Fsp3) is 0.286. The average Bonchev–Trinajstić information content (AvgIpc) is 3.07. The Bertz CT molecular complexity index is 1050. The van der Waals surface area contributed by atoms with Gasteiger partial charge in [-0.1, -0.05) is 35.6 Å². The quantitative estimate of drug-likeness (QED) is 0.658. The first-order valence-electron chi connectivity index (χ1n) is 9.26. The molecule has 3 N–H and O–H groups in total. The first-order chi connectivity index (χ1) is 13.5. The second-order valence-corrected chi connectivity index (χ2v) is 8.00. The molecule has 144 valence electrons. The molecule has 0 spiro atoms. The van der Waals surface area contributed by atoms with E-state index in [0.717, 1.165) is 35.0 Å². The number of carbonyl (C=O) groups is 2. The van der Waals surface area contributed by atoms with Gasteiger partial charge in [-0.3, -0.25) is 4.79 Å². The Morgan fingerprint density at radius 3 is 2.96 bits per heavy atom. The molecule has 6 nitrogen and oxygen atoms in total. The Hall–Kier alpha value is -2.93. The number of ether oxygens (including phenoxy) is 1. The predicted molar refractivity (Wildman–Crippen MR) is 109 cm³/mol. The van der Waals surface area contributed by atoms with E-state index >= 15 is 0 Å². The third-order valence-corrected chi connectivity index (χ3v) is 5.83. The molecule has 0 radical (unpaired) electrons. The van der Waals surface area contributed by atoms with Crippen LogP contribution in [0.5, 0.6) is 0 Å². The highest BCUT2D eigenvalue weighted by Gasteiger charge is 2.25. The van der Waals surface area contributed by atoms with E-state index in [1.54, 1.807) is 25.1 Å². The fourth-order valence-electron chi connectivity index (χ4n) is 3.54. The van der Waals surface area contributed by atoms with Gasteiger partial charge in [-0.15, -0.1) is 0 Å². The van der Waals surface area contributed by atoms with Gasteiger partial charge in [0.25, 0.3) is 5.91 Å². The van der Waals surface area contributed by atoms with Gasteiger partial charge in [-0.05, 0) is 55.5 Å². The molecule has 0 fully saturated rings. The molecule has 0 saturated heterocycles. The number of aromatic nitrogens is 1. The van der Waals surface area contributed by atoms with Crippen molar-refractivity contribution in [3.63, 3.8) is 0 Å². The molecule has 2 atom stereocenters. The maximum Gasteiger partial charge on any atom is 0.338 e. The standard InChI is InChI=1S/C21H21N3O3S/c1-12(19(25)23-16-8-4-6-13-5-2-3-7-15(13)16)27-20(26)14-9-10-17-18(11-14)28-21(22)24-17/h2-3,5,7,9-12,16H,4,6,8H2,1H3,(H2,22,24)(H,23,25)/t12-,16-/m1/s1. The van der Waals surface area contributed by atoms with Crippen molar-refractivity contribution >= 4 is 38.6 Å². The van der Waals surface area contributed by atoms with Crippen LogP contribution in [0.4, 0.5) is 5.13 Å². The maximum atomic E-state index is 12.6. The number of hydrogen-bond donors (Lipinski definition) is 2. The minimum Gasteiger partial charge on any atom is -0.449 e. The molecule has 0 unspecified atom stereocenters. The number of rotatable bonds is 4. The highest BCUT2D eigenvalue weighted by molar-refractivity contribution is 7.22. The Kier molecular flexibility index (Phi) is 5.00. The van der Waals surface area contributed by atoms with Crippen LogP contribution in [0.3, 0.4) is 0 Å². The van der Waals surface area contributed by atoms with E-state index < -0.39 is 12.1 Å². The van der Waals surface area contributed by atoms with Gasteiger partial charge >= 0.3 is 5.97 Å². The zero-order valence-electron chi connectivity index (χ0n) is 15.5. The molecule has 1 aliphatic rings. The van der Waals surface area contributed by atoms with Gasteiger partial charge in [0.2, 0.25) is 0 Å². The van der Waals surface area contributed by atoms with Crippen LogP contribution in [-0.2, 0) is 16.0 Å². The van der Waals surface area contributed by atoms with Gasteiger partial charge in [0.05, 0.1) is 21.8 Å². The van der Waals surface area contributed by atoms with E-state index in [-0.39, 0.29) is 11.9 Å². The van der Waals surface area contributed by atoms with E-state index in [9.17, 15) is 9.59 Å². The number of carbonyl (C=O) groups excluding carboxylic acids is 2. The number of fused-ring (bicyclic) bond motifs is 2. The minimum atomic E-state index is -0.885. The summed E-state index contributed by atoms with van der Waals surface area (Å²) in [7, 11) is 0. The summed E-state index contributed by atoms with van der Waals surface area (Å²) >= 11 is 1.31. The monoisotopic (exact) mass is 395 g/mol. The molecule has 3 aromatic rings. The second-order valence-electron chi connectivity index (χ2n) is 6.93. The van der Waals surface area contributed by atoms with Crippen LogP contribution in [0, 0.1) is 0 Å². The molecule has 28 heavy (non-hydrogen) atoms. The first-order valence-corrected chi connectivity index (χ1v) is 10.1. The lowest BCUT2D eigenvalue weighted by atomic mass is 9.87. The molecule has 0 bridgehead atoms. The number of nitrogens with one attached hydrogen (secondary N) is 1. The van der Waals surface area contributed by atoms with Crippen molar-refractivity contribution in [3.05, 3.63) is 59.2 Å². The summed E-state index contributed by atoms with van der Waals surface area (Å²) in [5.74, 6) is -0.835. The zero-order valence-corrected chi connectivity index (χ0v) is 16.3. The van der Waals surface area contributed by atoms with Gasteiger partial charge in [0.1, 0.15) is 0 Å². The van der Waals surface area contributed by atoms with Crippen molar-refractivity contribution in [1.29, 1.82) is 0 Å². The molecule has 0 saturated carbocycles. The van der Waals surface area contributed by atoms with Gasteiger partial charge in [0, 0.05) is 0 Å². The van der Waals surface area contributed by atoms with Crippen molar-refractivity contribution in [2.75, 3.05) is 5.73 Å². The number of esters is 1. The highest BCUT2D eigenvalue weighted by atomic mass is 32.1. The van der Waals surface area contributed by atoms with E-state index in [2.05, 4.69) is 16.4 Å². The summed E-state index contributed by atoms with van der Waals surface area (Å²) in [6.45, 7) is 1.59. The maximum absolute atomic E-state index is 12.6. The third kappa shape index (κ3) is 3.71. The minimum absolute atomic E-state index is 0.0462. The van der Waals surface area contributed by atoms with E-state index in [1.807, 2.05) is 18.2 Å². The topological polar surface area (TPSA) is 94.3 Å². The van der Waals surface area contributed by atoms with Crippen molar-refractivity contribution in [3.8, 4) is 0 Å². The number of nitrogens with two attached hydrogens (primary N) is 1. The highest BCUT2D eigenvalue weighted by Crippen LogP contribution is 2.29. The second kappa shape index (κ2) is 7.59. The van der Waals surface area contributed by atoms with Crippen molar-refractivity contribution in [2.24, 2.45) is 0 Å². The Morgan fingerprint density at radius 2 is 2.11 bits per heavy atom. The molecule has 4 rings (SSSR count). The molecule has 7 heteroatoms. The SMILES string of the molecule is C[C@@H](OC(=O)c1ccc2nc(N)sc2c1)C(=O)N[C@@H]1CCCc2ccccc21. The summed E-state index contributed by atoms with van der Waals surface area (Å²) in [6.07, 6.45) is 2.04. The number of thiazole rings is 1. The Morgan fingerprint density at radius 1 is 1.29 bits per heavy atom. The van der Waals surface area contributed by atoms with Crippen LogP contribution in [0.1, 0.15) is 47.3 Å². The van der Waals surface area contributed by atoms with Gasteiger partial charge in [0.15, 0.2) is 11.2 Å². The molecule has 1 amide bonds. The predicted octanol–water partition coefficient (Wildman–Crippen LogP) is 3.62. The van der Waals surface area contributed by atoms with Crippen LogP contribution < -0.4 is 11.1 Å². The summed E-state index contributed by atoms with van der Waals surface area (Å²) < 4.78 is 6.19. The summed E-state index contributed by atoms with van der Waals surface area (Å²) in [4.78, 5) is 29.2. The number of benzene rings is 2. The van der Waals surface area contributed by atoms with Crippen LogP contribution in [0.25, 0.3) is 10.2 Å². The first kappa shape index (κ1) is 18.4. The van der Waals surface area contributed by atoms with Crippen LogP contribution in [0.15, 0.2) is 42.5 Å². The molecule has 1 aromatic heterocycles. The van der Waals surface area contributed by atoms with Crippen molar-refractivity contribution in [2.45, 2.75) is 38.3 Å². The lowest BCUT2D eigenvalue weighted by Gasteiger charge is -2.27. The lowest BCUT2D eigenvalue weighted by molar-refractivity contribution is -0.130. The van der Waals surface area contributed by atoms with Crippen LogP contribution in [-0.4, -0.2) is 23.0 Å². The zero-order chi connectivity index (χ0) is 19.7. The Balaban J connectivity index is 1.42. The van der Waals surface area contributed by atoms with E-state index in [0.29, 0.717) is 10.7 Å². The number of anilines is 1. The third-order valence-electron chi connectivity index (χ3n) is 4.98. The number of amides is 1. The van der Waals surface area contributed by atoms with Crippen LogP contribution >= 0.6 is 11.3 Å². The smallest absolute Gasteiger partial charge is 0.338 e.